The van der Waals surface area contributed by atoms with Gasteiger partial charge in [-0.1, -0.05) is 48.5 Å². The van der Waals surface area contributed by atoms with Gasteiger partial charge in [-0.05, 0) is 59.7 Å². The molecule has 3 aromatic carbocycles. The summed E-state index contributed by atoms with van der Waals surface area (Å²) in [4.78, 5) is 12.9. The molecule has 1 aromatic heterocycles. The molecule has 0 N–H and O–H groups in total. The van der Waals surface area contributed by atoms with Crippen molar-refractivity contribution >= 4 is 10.9 Å². The summed E-state index contributed by atoms with van der Waals surface area (Å²) in [5.41, 5.74) is 6.27. The van der Waals surface area contributed by atoms with Crippen molar-refractivity contribution in [3.8, 4) is 5.75 Å². The van der Waals surface area contributed by atoms with E-state index in [-0.39, 0.29) is 11.3 Å². The van der Waals surface area contributed by atoms with Crippen LogP contribution in [0.4, 0.5) is 0 Å². The summed E-state index contributed by atoms with van der Waals surface area (Å²) in [7, 11) is 3.78. The second-order valence-corrected chi connectivity index (χ2v) is 8.17. The van der Waals surface area contributed by atoms with Crippen molar-refractivity contribution < 1.29 is 4.74 Å². The Bertz CT molecular complexity index is 1270. The fraction of sp³-hybridized carbons (Fsp3) is 0.222. The van der Waals surface area contributed by atoms with Crippen LogP contribution in [0.15, 0.2) is 83.7 Å². The van der Waals surface area contributed by atoms with E-state index < -0.39 is 0 Å². The van der Waals surface area contributed by atoms with Gasteiger partial charge in [0.05, 0.1) is 12.6 Å². The molecule has 0 saturated heterocycles. The highest BCUT2D eigenvalue weighted by molar-refractivity contribution is 5.79. The zero-order chi connectivity index (χ0) is 20.7. The van der Waals surface area contributed by atoms with Crippen molar-refractivity contribution in [2.24, 2.45) is 7.05 Å². The van der Waals surface area contributed by atoms with E-state index >= 15 is 0 Å². The average molecular weight is 396 g/mol. The first-order valence-corrected chi connectivity index (χ1v) is 10.4. The molecule has 0 spiro atoms. The van der Waals surface area contributed by atoms with Gasteiger partial charge in [-0.25, -0.2) is 0 Å². The van der Waals surface area contributed by atoms with Gasteiger partial charge in [0.15, 0.2) is 5.43 Å². The number of fused-ring (bicyclic) bond motifs is 2. The van der Waals surface area contributed by atoms with Gasteiger partial charge in [0.1, 0.15) is 5.75 Å². The third-order valence-corrected chi connectivity index (χ3v) is 6.60. The number of methoxy groups -OCH3 is 1. The number of rotatable bonds is 3. The van der Waals surface area contributed by atoms with Crippen LogP contribution in [0.2, 0.25) is 0 Å². The van der Waals surface area contributed by atoms with Crippen molar-refractivity contribution in [2.75, 3.05) is 7.11 Å². The van der Waals surface area contributed by atoms with Gasteiger partial charge in [-0.3, -0.25) is 4.79 Å². The minimum absolute atomic E-state index is 0.103. The first-order chi connectivity index (χ1) is 14.7. The van der Waals surface area contributed by atoms with E-state index in [2.05, 4.69) is 48.0 Å². The molecule has 3 heteroatoms. The predicted molar refractivity (Wildman–Crippen MR) is 122 cm³/mol. The molecule has 0 amide bonds. The first kappa shape index (κ1) is 18.7. The molecule has 0 unspecified atom stereocenters. The Morgan fingerprint density at radius 3 is 2.17 bits per heavy atom. The lowest BCUT2D eigenvalue weighted by Gasteiger charge is -2.35. The minimum atomic E-state index is 0.103. The highest BCUT2D eigenvalue weighted by Crippen LogP contribution is 2.43. The quantitative estimate of drug-likeness (QED) is 0.477. The molecule has 0 bridgehead atoms. The number of pyridine rings is 1. The number of nitrogens with zero attached hydrogens (tertiary/aromatic N) is 1. The van der Waals surface area contributed by atoms with Gasteiger partial charge < -0.3 is 9.30 Å². The SMILES string of the molecule is COc1ccc([C@@H]2Cc3ccccc3C[C@H]2c2cc(=O)c3ccccc3n2C)cc1. The van der Waals surface area contributed by atoms with Crippen LogP contribution >= 0.6 is 0 Å². The Morgan fingerprint density at radius 2 is 1.47 bits per heavy atom. The van der Waals surface area contributed by atoms with E-state index in [4.69, 9.17) is 4.74 Å². The minimum Gasteiger partial charge on any atom is -0.497 e. The Balaban J connectivity index is 1.68. The third kappa shape index (κ3) is 3.11. The number of aromatic nitrogens is 1. The molecular weight excluding hydrogens is 370 g/mol. The van der Waals surface area contributed by atoms with Gasteiger partial charge in [0, 0.05) is 30.1 Å². The summed E-state index contributed by atoms with van der Waals surface area (Å²) in [6, 6.07) is 26.9. The largest absolute Gasteiger partial charge is 0.497 e. The lowest BCUT2D eigenvalue weighted by atomic mass is 9.71. The molecule has 1 aliphatic carbocycles. The summed E-state index contributed by atoms with van der Waals surface area (Å²) >= 11 is 0. The Morgan fingerprint density at radius 1 is 0.833 bits per heavy atom. The van der Waals surface area contributed by atoms with Crippen molar-refractivity contribution in [3.63, 3.8) is 0 Å². The number of hydrogen-bond donors (Lipinski definition) is 0. The molecule has 5 rings (SSSR count). The van der Waals surface area contributed by atoms with Crippen LogP contribution in [0.25, 0.3) is 10.9 Å². The lowest BCUT2D eigenvalue weighted by molar-refractivity contribution is 0.414. The molecule has 3 nitrogen and oxygen atoms in total. The highest BCUT2D eigenvalue weighted by Gasteiger charge is 2.32. The summed E-state index contributed by atoms with van der Waals surface area (Å²) in [6.07, 6.45) is 1.90. The number of hydrogen-bond acceptors (Lipinski definition) is 2. The van der Waals surface area contributed by atoms with Crippen LogP contribution in [-0.4, -0.2) is 11.7 Å². The third-order valence-electron chi connectivity index (χ3n) is 6.60. The smallest absolute Gasteiger partial charge is 0.189 e. The molecule has 30 heavy (non-hydrogen) atoms. The standard InChI is InChI=1S/C27H25NO2/c1-28-25-10-6-5-9-22(25)27(29)17-26(28)24-16-20-8-4-3-7-19(20)15-23(24)18-11-13-21(30-2)14-12-18/h3-14,17,23-24H,15-16H2,1-2H3/t23-,24+/m0/s1. The average Bonchev–Trinajstić information content (AvgIpc) is 2.80. The van der Waals surface area contributed by atoms with Crippen molar-refractivity contribution in [3.05, 3.63) is 111 Å². The van der Waals surface area contributed by atoms with E-state index in [1.165, 1.54) is 16.7 Å². The summed E-state index contributed by atoms with van der Waals surface area (Å²) in [5.74, 6) is 1.40. The van der Waals surface area contributed by atoms with E-state index in [0.29, 0.717) is 5.92 Å². The molecule has 0 aliphatic heterocycles. The van der Waals surface area contributed by atoms with Crippen LogP contribution in [0.5, 0.6) is 5.75 Å². The molecule has 0 saturated carbocycles. The molecule has 0 fully saturated rings. The van der Waals surface area contributed by atoms with Gasteiger partial charge in [-0.15, -0.1) is 0 Å². The van der Waals surface area contributed by atoms with Gasteiger partial charge in [0.2, 0.25) is 0 Å². The first-order valence-electron chi connectivity index (χ1n) is 10.4. The monoisotopic (exact) mass is 395 g/mol. The van der Waals surface area contributed by atoms with Gasteiger partial charge in [-0.2, -0.15) is 0 Å². The summed E-state index contributed by atoms with van der Waals surface area (Å²) in [5, 5.41) is 0.779. The Kier molecular flexibility index (Phi) is 4.66. The van der Waals surface area contributed by atoms with Crippen LogP contribution in [0.3, 0.4) is 0 Å². The van der Waals surface area contributed by atoms with Crippen LogP contribution < -0.4 is 10.2 Å². The van der Waals surface area contributed by atoms with E-state index in [9.17, 15) is 4.79 Å². The molecule has 4 aromatic rings. The van der Waals surface area contributed by atoms with E-state index in [0.717, 1.165) is 35.2 Å². The number of benzene rings is 3. The molecule has 1 heterocycles. The van der Waals surface area contributed by atoms with Crippen molar-refractivity contribution in [2.45, 2.75) is 24.7 Å². The summed E-state index contributed by atoms with van der Waals surface area (Å²) < 4.78 is 7.58. The van der Waals surface area contributed by atoms with Gasteiger partial charge >= 0.3 is 0 Å². The molecule has 0 radical (unpaired) electrons. The molecule has 1 aliphatic rings. The second-order valence-electron chi connectivity index (χ2n) is 8.17. The van der Waals surface area contributed by atoms with Crippen LogP contribution in [0.1, 0.15) is 34.2 Å². The second kappa shape index (κ2) is 7.49. The number of ether oxygens (including phenoxy) is 1. The number of aryl methyl sites for hydroxylation is 1. The predicted octanol–water partition coefficient (Wildman–Crippen LogP) is 5.21. The topological polar surface area (TPSA) is 31.2 Å². The fourth-order valence-corrected chi connectivity index (χ4v) is 5.00. The van der Waals surface area contributed by atoms with Crippen molar-refractivity contribution in [1.82, 2.24) is 4.57 Å². The zero-order valence-electron chi connectivity index (χ0n) is 17.3. The van der Waals surface area contributed by atoms with Crippen LogP contribution in [-0.2, 0) is 19.9 Å². The van der Waals surface area contributed by atoms with E-state index in [1.807, 2.05) is 42.5 Å². The maximum Gasteiger partial charge on any atom is 0.189 e. The Hall–Kier alpha value is -3.33. The molecular formula is C27H25NO2. The van der Waals surface area contributed by atoms with Crippen molar-refractivity contribution in [1.29, 1.82) is 0 Å². The maximum atomic E-state index is 12.9. The summed E-state index contributed by atoms with van der Waals surface area (Å²) in [6.45, 7) is 0. The number of para-hydroxylation sites is 1. The maximum absolute atomic E-state index is 12.9. The van der Waals surface area contributed by atoms with Crippen LogP contribution in [0, 0.1) is 0 Å². The normalized spacial score (nSPS) is 18.2. The lowest BCUT2D eigenvalue weighted by Crippen LogP contribution is -2.26. The zero-order valence-corrected chi connectivity index (χ0v) is 17.3. The molecule has 150 valence electrons. The molecule has 2 atom stereocenters. The van der Waals surface area contributed by atoms with E-state index in [1.54, 1.807) is 7.11 Å². The highest BCUT2D eigenvalue weighted by atomic mass is 16.5. The van der Waals surface area contributed by atoms with Gasteiger partial charge in [0.25, 0.3) is 0 Å². The fourth-order valence-electron chi connectivity index (χ4n) is 5.00. The Labute approximate surface area is 176 Å².